The largest absolute Gasteiger partial charge is 0.465 e. The maximum absolute atomic E-state index is 12.0. The zero-order valence-corrected chi connectivity index (χ0v) is 11.9. The van der Waals surface area contributed by atoms with Crippen LogP contribution in [-0.4, -0.2) is 33.0 Å². The van der Waals surface area contributed by atoms with Gasteiger partial charge in [0.25, 0.3) is 0 Å². The van der Waals surface area contributed by atoms with Crippen molar-refractivity contribution in [3.63, 3.8) is 0 Å². The molecule has 0 N–H and O–H groups in total. The number of carbonyl (C=O) groups is 1. The highest BCUT2D eigenvalue weighted by molar-refractivity contribution is 8.02. The fourth-order valence-corrected chi connectivity index (χ4v) is 5.22. The number of fused-ring (bicyclic) bond motifs is 1. The highest BCUT2D eigenvalue weighted by atomic mass is 32.2. The molecule has 0 saturated carbocycles. The van der Waals surface area contributed by atoms with Gasteiger partial charge in [-0.2, -0.15) is 0 Å². The van der Waals surface area contributed by atoms with Gasteiger partial charge < -0.3 is 4.74 Å². The van der Waals surface area contributed by atoms with Crippen LogP contribution in [0, 0.1) is 0 Å². The van der Waals surface area contributed by atoms with E-state index in [0.29, 0.717) is 17.7 Å². The Morgan fingerprint density at radius 3 is 2.78 bits per heavy atom. The van der Waals surface area contributed by atoms with Crippen LogP contribution in [0.15, 0.2) is 21.9 Å². The van der Waals surface area contributed by atoms with Crippen molar-refractivity contribution >= 4 is 27.6 Å². The number of benzene rings is 1. The molecule has 98 valence electrons. The monoisotopic (exact) mass is 286 g/mol. The van der Waals surface area contributed by atoms with Gasteiger partial charge in [0.2, 0.25) is 0 Å². The number of methoxy groups -OCH3 is 1. The van der Waals surface area contributed by atoms with Crippen molar-refractivity contribution in [3.05, 3.63) is 23.3 Å². The molecule has 0 radical (unpaired) electrons. The first kappa shape index (κ1) is 13.4. The maximum atomic E-state index is 12.0. The molecule has 0 saturated heterocycles. The summed E-state index contributed by atoms with van der Waals surface area (Å²) in [5.41, 5.74) is 1.18. The quantitative estimate of drug-likeness (QED) is 0.777. The lowest BCUT2D eigenvalue weighted by atomic mass is 10.1. The van der Waals surface area contributed by atoms with Crippen molar-refractivity contribution < 1.29 is 17.9 Å². The molecule has 4 nitrogen and oxygen atoms in total. The second-order valence-corrected chi connectivity index (χ2v) is 7.18. The molecular weight excluding hydrogens is 272 g/mol. The normalized spacial score (nSPS) is 17.0. The molecule has 0 unspecified atom stereocenters. The highest BCUT2D eigenvalue weighted by Crippen LogP contribution is 2.35. The summed E-state index contributed by atoms with van der Waals surface area (Å²) in [7, 11) is -1.96. The summed E-state index contributed by atoms with van der Waals surface area (Å²) in [6, 6.07) is 3.25. The van der Waals surface area contributed by atoms with Crippen molar-refractivity contribution in [2.45, 2.75) is 23.1 Å². The SMILES string of the molecule is CCc1cc2c(cc1C(=O)OC)S(=O)(=O)CCS2. The minimum absolute atomic E-state index is 0.122. The zero-order chi connectivity index (χ0) is 13.3. The number of aryl methyl sites for hydroxylation is 1. The number of hydrogen-bond donors (Lipinski definition) is 0. The fourth-order valence-electron chi connectivity index (χ4n) is 1.92. The molecule has 0 aliphatic carbocycles. The van der Waals surface area contributed by atoms with Gasteiger partial charge in [0.05, 0.1) is 23.3 Å². The lowest BCUT2D eigenvalue weighted by molar-refractivity contribution is 0.0599. The topological polar surface area (TPSA) is 60.4 Å². The van der Waals surface area contributed by atoms with Gasteiger partial charge in [-0.1, -0.05) is 6.92 Å². The first-order valence-corrected chi connectivity index (χ1v) is 8.24. The van der Waals surface area contributed by atoms with Crippen molar-refractivity contribution in [3.8, 4) is 0 Å². The predicted octanol–water partition coefficient (Wildman–Crippen LogP) is 1.91. The van der Waals surface area contributed by atoms with Crippen LogP contribution in [-0.2, 0) is 21.0 Å². The summed E-state index contributed by atoms with van der Waals surface area (Å²) >= 11 is 1.52. The molecule has 1 aromatic carbocycles. The molecule has 6 heteroatoms. The van der Waals surface area contributed by atoms with Crippen LogP contribution in [0.25, 0.3) is 0 Å². The van der Waals surface area contributed by atoms with Gasteiger partial charge in [0.15, 0.2) is 9.84 Å². The third-order valence-corrected chi connectivity index (χ3v) is 6.09. The predicted molar refractivity (Wildman–Crippen MR) is 69.9 cm³/mol. The van der Waals surface area contributed by atoms with Crippen LogP contribution in [0.4, 0.5) is 0 Å². The third kappa shape index (κ3) is 2.27. The summed E-state index contributed by atoms with van der Waals surface area (Å²) in [6.45, 7) is 1.93. The molecule has 1 aliphatic rings. The second kappa shape index (κ2) is 4.93. The Bertz CT molecular complexity index is 590. The van der Waals surface area contributed by atoms with Crippen molar-refractivity contribution in [2.75, 3.05) is 18.6 Å². The highest BCUT2D eigenvalue weighted by Gasteiger charge is 2.27. The van der Waals surface area contributed by atoms with Gasteiger partial charge >= 0.3 is 5.97 Å². The Labute approximate surface area is 111 Å². The van der Waals surface area contributed by atoms with E-state index in [-0.39, 0.29) is 10.6 Å². The van der Waals surface area contributed by atoms with Crippen LogP contribution in [0.2, 0.25) is 0 Å². The molecule has 1 aliphatic heterocycles. The molecule has 18 heavy (non-hydrogen) atoms. The molecule has 2 rings (SSSR count). The molecular formula is C12H14O4S2. The second-order valence-electron chi connectivity index (χ2n) is 3.97. The maximum Gasteiger partial charge on any atom is 0.338 e. The molecule has 0 amide bonds. The van der Waals surface area contributed by atoms with Crippen molar-refractivity contribution in [1.82, 2.24) is 0 Å². The molecule has 0 spiro atoms. The van der Waals surface area contributed by atoms with E-state index in [1.165, 1.54) is 24.9 Å². The summed E-state index contributed by atoms with van der Waals surface area (Å²) in [4.78, 5) is 12.7. The van der Waals surface area contributed by atoms with E-state index in [2.05, 4.69) is 0 Å². The number of hydrogen-bond acceptors (Lipinski definition) is 5. The lowest BCUT2D eigenvalue weighted by Gasteiger charge is -2.18. The third-order valence-electron chi connectivity index (χ3n) is 2.90. The minimum Gasteiger partial charge on any atom is -0.465 e. The van der Waals surface area contributed by atoms with E-state index in [1.807, 2.05) is 6.92 Å². The van der Waals surface area contributed by atoms with Crippen LogP contribution in [0.3, 0.4) is 0 Å². The number of sulfone groups is 1. The van der Waals surface area contributed by atoms with Gasteiger partial charge in [-0.05, 0) is 24.1 Å². The Hall–Kier alpha value is -1.01. The van der Waals surface area contributed by atoms with Crippen molar-refractivity contribution in [2.24, 2.45) is 0 Å². The van der Waals surface area contributed by atoms with Gasteiger partial charge in [-0.25, -0.2) is 13.2 Å². The first-order valence-electron chi connectivity index (χ1n) is 5.60. The molecule has 1 heterocycles. The molecule has 0 fully saturated rings. The number of carbonyl (C=O) groups excluding carboxylic acids is 1. The van der Waals surface area contributed by atoms with Gasteiger partial charge in [0.1, 0.15) is 0 Å². The molecule has 0 atom stereocenters. The Kier molecular flexibility index (Phi) is 3.68. The summed E-state index contributed by atoms with van der Waals surface area (Å²) in [6.07, 6.45) is 0.665. The lowest BCUT2D eigenvalue weighted by Crippen LogP contribution is -2.17. The van der Waals surface area contributed by atoms with E-state index in [1.54, 1.807) is 6.07 Å². The standard InChI is InChI=1S/C12H14O4S2/c1-3-8-6-10-11(7-9(8)12(13)16-2)18(14,15)5-4-17-10/h6-7H,3-5H2,1-2H3. The van der Waals surface area contributed by atoms with E-state index in [9.17, 15) is 13.2 Å². The summed E-state index contributed by atoms with van der Waals surface area (Å²) in [5, 5.41) is 0. The van der Waals surface area contributed by atoms with Crippen LogP contribution in [0.5, 0.6) is 0 Å². The van der Waals surface area contributed by atoms with Crippen LogP contribution in [0.1, 0.15) is 22.8 Å². The first-order chi connectivity index (χ1) is 8.49. The van der Waals surface area contributed by atoms with E-state index >= 15 is 0 Å². The summed E-state index contributed by atoms with van der Waals surface area (Å²) in [5.74, 6) is 0.202. The number of thioether (sulfide) groups is 1. The molecule has 0 bridgehead atoms. The fraction of sp³-hybridized carbons (Fsp3) is 0.417. The van der Waals surface area contributed by atoms with E-state index in [0.717, 1.165) is 10.5 Å². The Morgan fingerprint density at radius 1 is 1.44 bits per heavy atom. The minimum atomic E-state index is -3.26. The average Bonchev–Trinajstić information content (AvgIpc) is 2.36. The molecule has 1 aromatic rings. The average molecular weight is 286 g/mol. The van der Waals surface area contributed by atoms with E-state index < -0.39 is 15.8 Å². The number of esters is 1. The van der Waals surface area contributed by atoms with Gasteiger partial charge in [0, 0.05) is 10.6 Å². The smallest absolute Gasteiger partial charge is 0.338 e. The van der Waals surface area contributed by atoms with Gasteiger partial charge in [-0.15, -0.1) is 11.8 Å². The Morgan fingerprint density at radius 2 is 2.17 bits per heavy atom. The molecule has 0 aromatic heterocycles. The number of rotatable bonds is 2. The van der Waals surface area contributed by atoms with E-state index in [4.69, 9.17) is 4.74 Å². The Balaban J connectivity index is 2.67. The van der Waals surface area contributed by atoms with Crippen molar-refractivity contribution in [1.29, 1.82) is 0 Å². The van der Waals surface area contributed by atoms with Gasteiger partial charge in [-0.3, -0.25) is 0 Å². The zero-order valence-electron chi connectivity index (χ0n) is 10.2. The van der Waals surface area contributed by atoms with Crippen LogP contribution < -0.4 is 0 Å². The summed E-state index contributed by atoms with van der Waals surface area (Å²) < 4.78 is 28.6. The van der Waals surface area contributed by atoms with Crippen LogP contribution >= 0.6 is 11.8 Å². The number of ether oxygens (including phenoxy) is 1.